The molecule has 0 unspecified atom stereocenters. The van der Waals surface area contributed by atoms with Gasteiger partial charge in [-0.15, -0.1) is 0 Å². The molecular formula is C12H20N2O3. The van der Waals surface area contributed by atoms with E-state index < -0.39 is 11.7 Å². The van der Waals surface area contributed by atoms with Crippen molar-refractivity contribution in [2.75, 3.05) is 13.7 Å². The van der Waals surface area contributed by atoms with Crippen LogP contribution < -0.4 is 10.1 Å². The lowest BCUT2D eigenvalue weighted by Crippen LogP contribution is -2.34. The summed E-state index contributed by atoms with van der Waals surface area (Å²) >= 11 is 0. The number of carbonyl (C=O) groups excluding carboxylic acids is 1. The van der Waals surface area contributed by atoms with Gasteiger partial charge < -0.3 is 19.4 Å². The van der Waals surface area contributed by atoms with Gasteiger partial charge >= 0.3 is 6.09 Å². The molecule has 0 saturated carbocycles. The molecule has 96 valence electrons. The van der Waals surface area contributed by atoms with Crippen LogP contribution in [0, 0.1) is 0 Å². The van der Waals surface area contributed by atoms with Crippen molar-refractivity contribution in [2.24, 2.45) is 0 Å². The fourth-order valence-electron chi connectivity index (χ4n) is 1.28. The standard InChI is InChI=1S/C12H20N2O3/c1-12(2,3)17-11(15)13-6-8-14-7-5-10(9-14)16-4/h5,7,9H,6,8H2,1-4H3,(H,13,15). The molecule has 5 heteroatoms. The summed E-state index contributed by atoms with van der Waals surface area (Å²) in [6.07, 6.45) is 3.38. The highest BCUT2D eigenvalue weighted by atomic mass is 16.6. The van der Waals surface area contributed by atoms with E-state index in [9.17, 15) is 4.79 Å². The molecule has 0 aliphatic rings. The molecule has 1 rings (SSSR count). The van der Waals surface area contributed by atoms with Crippen LogP contribution in [0.2, 0.25) is 0 Å². The van der Waals surface area contributed by atoms with Gasteiger partial charge in [-0.3, -0.25) is 0 Å². The Bertz CT molecular complexity index is 366. The maximum atomic E-state index is 11.3. The summed E-state index contributed by atoms with van der Waals surface area (Å²) in [5.41, 5.74) is -0.458. The zero-order valence-electron chi connectivity index (χ0n) is 10.8. The summed E-state index contributed by atoms with van der Waals surface area (Å²) in [5.74, 6) is 0.808. The number of rotatable bonds is 4. The molecule has 1 aromatic rings. The van der Waals surface area contributed by atoms with Crippen LogP contribution in [0.3, 0.4) is 0 Å². The minimum Gasteiger partial charge on any atom is -0.495 e. The fraction of sp³-hybridized carbons (Fsp3) is 0.583. The van der Waals surface area contributed by atoms with E-state index >= 15 is 0 Å². The number of hydrogen-bond donors (Lipinski definition) is 1. The average molecular weight is 240 g/mol. The summed E-state index contributed by atoms with van der Waals surface area (Å²) in [7, 11) is 1.62. The van der Waals surface area contributed by atoms with Crippen LogP contribution in [0.25, 0.3) is 0 Å². The van der Waals surface area contributed by atoms with Gasteiger partial charge in [-0.1, -0.05) is 0 Å². The third-order valence-electron chi connectivity index (χ3n) is 2.00. The van der Waals surface area contributed by atoms with Crippen molar-refractivity contribution in [3.8, 4) is 5.75 Å². The third kappa shape index (κ3) is 5.29. The van der Waals surface area contributed by atoms with Gasteiger partial charge in [0, 0.05) is 25.5 Å². The first-order valence-electron chi connectivity index (χ1n) is 5.57. The highest BCUT2D eigenvalue weighted by molar-refractivity contribution is 5.67. The lowest BCUT2D eigenvalue weighted by molar-refractivity contribution is 0.0526. The molecule has 1 heterocycles. The summed E-state index contributed by atoms with van der Waals surface area (Å²) in [5, 5.41) is 2.69. The number of nitrogens with zero attached hydrogens (tertiary/aromatic N) is 1. The number of nitrogens with one attached hydrogen (secondary N) is 1. The molecule has 1 N–H and O–H groups in total. The molecule has 0 aliphatic carbocycles. The Morgan fingerprint density at radius 3 is 2.71 bits per heavy atom. The monoisotopic (exact) mass is 240 g/mol. The lowest BCUT2D eigenvalue weighted by Gasteiger charge is -2.19. The second-order valence-electron chi connectivity index (χ2n) is 4.72. The van der Waals surface area contributed by atoms with Gasteiger partial charge in [0.05, 0.1) is 7.11 Å². The molecule has 0 bridgehead atoms. The minimum absolute atomic E-state index is 0.392. The van der Waals surface area contributed by atoms with Crippen molar-refractivity contribution in [3.63, 3.8) is 0 Å². The zero-order valence-corrected chi connectivity index (χ0v) is 10.8. The second-order valence-corrected chi connectivity index (χ2v) is 4.72. The molecule has 1 amide bonds. The molecule has 0 radical (unpaired) electrons. The Morgan fingerprint density at radius 2 is 2.18 bits per heavy atom. The molecule has 5 nitrogen and oxygen atoms in total. The van der Waals surface area contributed by atoms with Crippen molar-refractivity contribution in [2.45, 2.75) is 32.9 Å². The molecule has 0 spiro atoms. The van der Waals surface area contributed by atoms with Crippen molar-refractivity contribution in [3.05, 3.63) is 18.5 Å². The number of alkyl carbamates (subject to hydrolysis) is 1. The Labute approximate surface area is 102 Å². The van der Waals surface area contributed by atoms with E-state index in [0.717, 1.165) is 5.75 Å². The van der Waals surface area contributed by atoms with Crippen LogP contribution in [0.1, 0.15) is 20.8 Å². The van der Waals surface area contributed by atoms with Crippen LogP contribution in [-0.2, 0) is 11.3 Å². The van der Waals surface area contributed by atoms with E-state index in [2.05, 4.69) is 5.32 Å². The number of hydrogen-bond acceptors (Lipinski definition) is 3. The highest BCUT2D eigenvalue weighted by Crippen LogP contribution is 2.09. The van der Waals surface area contributed by atoms with Gasteiger partial charge in [-0.2, -0.15) is 0 Å². The lowest BCUT2D eigenvalue weighted by atomic mass is 10.2. The molecule has 0 fully saturated rings. The predicted molar refractivity (Wildman–Crippen MR) is 65.2 cm³/mol. The topological polar surface area (TPSA) is 52.5 Å². The molecule has 0 atom stereocenters. The van der Waals surface area contributed by atoms with E-state index in [-0.39, 0.29) is 0 Å². The third-order valence-corrected chi connectivity index (χ3v) is 2.00. The number of aromatic nitrogens is 1. The number of carbonyl (C=O) groups is 1. The quantitative estimate of drug-likeness (QED) is 0.876. The first kappa shape index (κ1) is 13.4. The highest BCUT2D eigenvalue weighted by Gasteiger charge is 2.15. The SMILES string of the molecule is COc1ccn(CCNC(=O)OC(C)(C)C)c1. The van der Waals surface area contributed by atoms with E-state index in [1.165, 1.54) is 0 Å². The first-order chi connectivity index (χ1) is 7.90. The molecule has 0 aliphatic heterocycles. The Morgan fingerprint density at radius 1 is 1.47 bits per heavy atom. The maximum Gasteiger partial charge on any atom is 0.407 e. The number of amides is 1. The average Bonchev–Trinajstić information content (AvgIpc) is 2.63. The minimum atomic E-state index is -0.458. The van der Waals surface area contributed by atoms with Gasteiger partial charge in [-0.05, 0) is 26.8 Å². The molecule has 0 saturated heterocycles. The Hall–Kier alpha value is -1.65. The van der Waals surface area contributed by atoms with Crippen molar-refractivity contribution in [1.29, 1.82) is 0 Å². The summed E-state index contributed by atoms with van der Waals surface area (Å²) in [6.45, 7) is 6.71. The molecule has 17 heavy (non-hydrogen) atoms. The summed E-state index contributed by atoms with van der Waals surface area (Å²) in [6, 6.07) is 1.87. The molecule has 0 aromatic carbocycles. The van der Waals surface area contributed by atoms with Crippen molar-refractivity contribution in [1.82, 2.24) is 9.88 Å². The summed E-state index contributed by atoms with van der Waals surface area (Å²) in [4.78, 5) is 11.3. The van der Waals surface area contributed by atoms with Crippen molar-refractivity contribution >= 4 is 6.09 Å². The van der Waals surface area contributed by atoms with Gasteiger partial charge in [0.2, 0.25) is 0 Å². The molecule has 1 aromatic heterocycles. The summed E-state index contributed by atoms with van der Waals surface area (Å²) < 4.78 is 12.1. The number of methoxy groups -OCH3 is 1. The predicted octanol–water partition coefficient (Wildman–Crippen LogP) is 2.02. The largest absolute Gasteiger partial charge is 0.495 e. The van der Waals surface area contributed by atoms with E-state index in [4.69, 9.17) is 9.47 Å². The van der Waals surface area contributed by atoms with Crippen LogP contribution >= 0.6 is 0 Å². The fourth-order valence-corrected chi connectivity index (χ4v) is 1.28. The normalized spacial score (nSPS) is 11.1. The smallest absolute Gasteiger partial charge is 0.407 e. The zero-order chi connectivity index (χ0) is 12.9. The van der Waals surface area contributed by atoms with Gasteiger partial charge in [0.1, 0.15) is 11.4 Å². The number of ether oxygens (including phenoxy) is 2. The first-order valence-corrected chi connectivity index (χ1v) is 5.57. The van der Waals surface area contributed by atoms with Crippen LogP contribution in [0.5, 0.6) is 5.75 Å². The Balaban J connectivity index is 2.26. The van der Waals surface area contributed by atoms with E-state index in [0.29, 0.717) is 13.1 Å². The van der Waals surface area contributed by atoms with Crippen LogP contribution in [-0.4, -0.2) is 29.9 Å². The van der Waals surface area contributed by atoms with Crippen LogP contribution in [0.4, 0.5) is 4.79 Å². The Kier molecular flexibility index (Phi) is 4.43. The van der Waals surface area contributed by atoms with Crippen molar-refractivity contribution < 1.29 is 14.3 Å². The van der Waals surface area contributed by atoms with E-state index in [1.54, 1.807) is 7.11 Å². The molecular weight excluding hydrogens is 220 g/mol. The van der Waals surface area contributed by atoms with Gasteiger partial charge in [0.25, 0.3) is 0 Å². The van der Waals surface area contributed by atoms with Gasteiger partial charge in [-0.25, -0.2) is 4.79 Å². The second kappa shape index (κ2) is 5.61. The van der Waals surface area contributed by atoms with Crippen LogP contribution in [0.15, 0.2) is 18.5 Å². The maximum absolute atomic E-state index is 11.3. The van der Waals surface area contributed by atoms with Gasteiger partial charge in [0.15, 0.2) is 0 Å². The van der Waals surface area contributed by atoms with E-state index in [1.807, 2.05) is 43.8 Å².